The first-order valence-corrected chi connectivity index (χ1v) is 7.63. The fraction of sp³-hybridized carbons (Fsp3) is 0.200. The predicted octanol–water partition coefficient (Wildman–Crippen LogP) is 4.23. The monoisotopic (exact) mass is 347 g/mol. The van der Waals surface area contributed by atoms with Crippen molar-refractivity contribution in [2.75, 3.05) is 0 Å². The minimum Gasteiger partial charge on any atom is -0.285 e. The van der Waals surface area contributed by atoms with Gasteiger partial charge in [0.2, 0.25) is 0 Å². The molecule has 0 radical (unpaired) electrons. The van der Waals surface area contributed by atoms with Crippen molar-refractivity contribution < 1.29 is 0 Å². The van der Waals surface area contributed by atoms with Gasteiger partial charge >= 0.3 is 0 Å². The Hall–Kier alpha value is -1.39. The van der Waals surface area contributed by atoms with Gasteiger partial charge in [-0.2, -0.15) is 0 Å². The van der Waals surface area contributed by atoms with E-state index in [1.54, 1.807) is 0 Å². The Morgan fingerprint density at radius 3 is 2.75 bits per heavy atom. The van der Waals surface area contributed by atoms with E-state index >= 15 is 0 Å². The minimum absolute atomic E-state index is 0.0366. The molecule has 0 aliphatic heterocycles. The van der Waals surface area contributed by atoms with Crippen LogP contribution in [0.15, 0.2) is 47.1 Å². The fourth-order valence-corrected chi connectivity index (χ4v) is 3.27. The highest BCUT2D eigenvalue weighted by Gasteiger charge is 2.49. The third-order valence-corrected chi connectivity index (χ3v) is 4.63. The number of pyridine rings is 1. The Morgan fingerprint density at radius 2 is 2.00 bits per heavy atom. The Balaban J connectivity index is 1.92. The zero-order valence-electron chi connectivity index (χ0n) is 10.6. The van der Waals surface area contributed by atoms with Crippen LogP contribution in [0.3, 0.4) is 0 Å². The van der Waals surface area contributed by atoms with Gasteiger partial charge in [-0.1, -0.05) is 23.7 Å². The summed E-state index contributed by atoms with van der Waals surface area (Å²) >= 11 is 9.64. The summed E-state index contributed by atoms with van der Waals surface area (Å²) in [6.07, 6.45) is 4.19. The van der Waals surface area contributed by atoms with E-state index in [1.165, 1.54) is 5.56 Å². The average Bonchev–Trinajstić information content (AvgIpc) is 3.14. The second-order valence-corrected chi connectivity index (χ2v) is 6.54. The molecule has 1 aromatic carbocycles. The second kappa shape index (κ2) is 4.30. The number of rotatable bonds is 2. The molecule has 0 unspecified atom stereocenters. The molecule has 4 rings (SSSR count). The third-order valence-electron chi connectivity index (χ3n) is 3.92. The van der Waals surface area contributed by atoms with Crippen LogP contribution in [0.4, 0.5) is 0 Å². The van der Waals surface area contributed by atoms with Gasteiger partial charge in [0.05, 0.1) is 5.41 Å². The van der Waals surface area contributed by atoms with E-state index in [9.17, 15) is 0 Å². The van der Waals surface area contributed by atoms with Crippen molar-refractivity contribution in [2.45, 2.75) is 18.3 Å². The summed E-state index contributed by atoms with van der Waals surface area (Å²) < 4.78 is 3.09. The van der Waals surface area contributed by atoms with Crippen molar-refractivity contribution in [1.82, 2.24) is 14.6 Å². The topological polar surface area (TPSA) is 30.2 Å². The van der Waals surface area contributed by atoms with Crippen LogP contribution in [-0.2, 0) is 5.41 Å². The summed E-state index contributed by atoms with van der Waals surface area (Å²) in [5.41, 5.74) is 2.06. The largest absolute Gasteiger partial charge is 0.285 e. The van der Waals surface area contributed by atoms with Crippen molar-refractivity contribution in [2.24, 2.45) is 0 Å². The molecule has 0 spiro atoms. The van der Waals surface area contributed by atoms with Crippen molar-refractivity contribution in [3.63, 3.8) is 0 Å². The van der Waals surface area contributed by atoms with Gasteiger partial charge in [0.25, 0.3) is 0 Å². The maximum atomic E-state index is 6.13. The molecule has 0 amide bonds. The molecule has 0 atom stereocenters. The molecular formula is C15H11BrClN3. The first-order valence-electron chi connectivity index (χ1n) is 6.46. The molecule has 2 heterocycles. The first kappa shape index (κ1) is 12.4. The quantitative estimate of drug-likeness (QED) is 0.694. The third kappa shape index (κ3) is 1.79. The van der Waals surface area contributed by atoms with Gasteiger partial charge in [0.15, 0.2) is 5.65 Å². The minimum atomic E-state index is -0.0366. The number of aromatic nitrogens is 3. The molecule has 3 aromatic rings. The summed E-state index contributed by atoms with van der Waals surface area (Å²) in [6, 6.07) is 12.0. The number of hydrogen-bond donors (Lipinski definition) is 0. The van der Waals surface area contributed by atoms with Crippen LogP contribution in [0.25, 0.3) is 5.65 Å². The van der Waals surface area contributed by atoms with Crippen molar-refractivity contribution in [1.29, 1.82) is 0 Å². The van der Waals surface area contributed by atoms with Crippen LogP contribution in [0.1, 0.15) is 24.2 Å². The van der Waals surface area contributed by atoms with Crippen molar-refractivity contribution in [3.8, 4) is 0 Å². The molecule has 1 aliphatic rings. The number of nitrogens with zero attached hydrogens (tertiary/aromatic N) is 3. The summed E-state index contributed by atoms with van der Waals surface area (Å²) in [5, 5.41) is 9.47. The zero-order valence-corrected chi connectivity index (χ0v) is 12.9. The molecule has 3 nitrogen and oxygen atoms in total. The van der Waals surface area contributed by atoms with E-state index in [2.05, 4.69) is 36.6 Å². The van der Waals surface area contributed by atoms with Crippen LogP contribution in [0.5, 0.6) is 0 Å². The van der Waals surface area contributed by atoms with E-state index in [1.807, 2.05) is 36.5 Å². The normalized spacial score (nSPS) is 16.5. The fourth-order valence-electron chi connectivity index (χ4n) is 2.74. The Bertz CT molecular complexity index is 808. The van der Waals surface area contributed by atoms with Crippen LogP contribution >= 0.6 is 27.5 Å². The number of halogens is 2. The van der Waals surface area contributed by atoms with Crippen molar-refractivity contribution >= 4 is 33.2 Å². The van der Waals surface area contributed by atoms with Gasteiger partial charge < -0.3 is 0 Å². The molecule has 2 aromatic heterocycles. The summed E-state index contributed by atoms with van der Waals surface area (Å²) in [5.74, 6) is 0.996. The lowest BCUT2D eigenvalue weighted by atomic mass is 9.95. The Kier molecular flexibility index (Phi) is 2.66. The molecule has 1 saturated carbocycles. The van der Waals surface area contributed by atoms with Crippen LogP contribution in [0, 0.1) is 0 Å². The van der Waals surface area contributed by atoms with Gasteiger partial charge in [-0.05, 0) is 58.6 Å². The maximum Gasteiger partial charge on any atom is 0.160 e. The second-order valence-electron chi connectivity index (χ2n) is 5.19. The van der Waals surface area contributed by atoms with Gasteiger partial charge in [-0.25, -0.2) is 0 Å². The van der Waals surface area contributed by atoms with Gasteiger partial charge in [0.1, 0.15) is 5.82 Å². The standard InChI is InChI=1S/C15H11BrClN3/c16-11-4-5-13-18-19-14(20(13)9-11)15(6-7-15)10-2-1-3-12(17)8-10/h1-5,8-9H,6-7H2. The van der Waals surface area contributed by atoms with Gasteiger partial charge in [-0.3, -0.25) is 4.40 Å². The van der Waals surface area contributed by atoms with Crippen LogP contribution in [-0.4, -0.2) is 14.6 Å². The van der Waals surface area contributed by atoms with Gasteiger partial charge in [-0.15, -0.1) is 10.2 Å². The van der Waals surface area contributed by atoms with E-state index in [0.29, 0.717) is 0 Å². The van der Waals surface area contributed by atoms with E-state index in [4.69, 9.17) is 11.6 Å². The highest BCUT2D eigenvalue weighted by atomic mass is 79.9. The smallest absolute Gasteiger partial charge is 0.160 e. The van der Waals surface area contributed by atoms with Crippen molar-refractivity contribution in [3.05, 3.63) is 63.5 Å². The SMILES string of the molecule is Clc1cccc(C2(c3nnc4ccc(Br)cn34)CC2)c1. The highest BCUT2D eigenvalue weighted by molar-refractivity contribution is 9.10. The number of fused-ring (bicyclic) bond motifs is 1. The maximum absolute atomic E-state index is 6.13. The molecule has 5 heteroatoms. The Labute approximate surface area is 129 Å². The molecule has 1 fully saturated rings. The summed E-state index contributed by atoms with van der Waals surface area (Å²) in [4.78, 5) is 0. The first-order chi connectivity index (χ1) is 9.69. The number of benzene rings is 1. The molecule has 0 bridgehead atoms. The zero-order chi connectivity index (χ0) is 13.7. The van der Waals surface area contributed by atoms with Gasteiger partial charge in [0, 0.05) is 15.7 Å². The predicted molar refractivity (Wildman–Crippen MR) is 82.2 cm³/mol. The highest BCUT2D eigenvalue weighted by Crippen LogP contribution is 2.53. The van der Waals surface area contributed by atoms with E-state index in [-0.39, 0.29) is 5.41 Å². The molecule has 20 heavy (non-hydrogen) atoms. The molecule has 1 aliphatic carbocycles. The molecule has 100 valence electrons. The number of hydrogen-bond acceptors (Lipinski definition) is 2. The van der Waals surface area contributed by atoms with Crippen LogP contribution in [0.2, 0.25) is 5.02 Å². The Morgan fingerprint density at radius 1 is 1.15 bits per heavy atom. The molecule has 0 saturated heterocycles. The lowest BCUT2D eigenvalue weighted by Crippen LogP contribution is -2.13. The molecule has 0 N–H and O–H groups in total. The van der Waals surface area contributed by atoms with Crippen LogP contribution < -0.4 is 0 Å². The van der Waals surface area contributed by atoms with E-state index < -0.39 is 0 Å². The average molecular weight is 349 g/mol. The lowest BCUT2D eigenvalue weighted by Gasteiger charge is -2.14. The van der Waals surface area contributed by atoms with E-state index in [0.717, 1.165) is 33.8 Å². The summed E-state index contributed by atoms with van der Waals surface area (Å²) in [6.45, 7) is 0. The lowest BCUT2D eigenvalue weighted by molar-refractivity contribution is 0.739. The molecular weight excluding hydrogens is 338 g/mol. The summed E-state index contributed by atoms with van der Waals surface area (Å²) in [7, 11) is 0.